The summed E-state index contributed by atoms with van der Waals surface area (Å²) < 4.78 is 7.42. The number of fused-ring (bicyclic) bond motifs is 10. The van der Waals surface area contributed by atoms with Gasteiger partial charge in [-0.3, -0.25) is 4.57 Å². The van der Waals surface area contributed by atoms with E-state index in [0.717, 1.165) is 39.5 Å². The molecule has 0 spiro atoms. The Labute approximate surface area is 301 Å². The summed E-state index contributed by atoms with van der Waals surface area (Å²) in [5, 5.41) is 7.60. The van der Waals surface area contributed by atoms with E-state index in [4.69, 9.17) is 9.97 Å². The molecule has 0 saturated heterocycles. The lowest BCUT2D eigenvalue weighted by atomic mass is 10.0. The lowest BCUT2D eigenvalue weighted by Crippen LogP contribution is -2.02. The molecule has 0 bridgehead atoms. The predicted molar refractivity (Wildman–Crippen MR) is 218 cm³/mol. The van der Waals surface area contributed by atoms with E-state index in [1.165, 1.54) is 62.2 Å². The van der Waals surface area contributed by atoms with Gasteiger partial charge in [-0.1, -0.05) is 127 Å². The number of nitrogens with zero attached hydrogens (tertiary/aromatic N) is 3. The summed E-state index contributed by atoms with van der Waals surface area (Å²) in [5.74, 6) is 1.58. The smallest absolute Gasteiger partial charge is 0.163 e. The summed E-state index contributed by atoms with van der Waals surface area (Å²) in [4.78, 5) is 10.8. The fourth-order valence-electron chi connectivity index (χ4n) is 7.69. The Morgan fingerprint density at radius 2 is 1.02 bits per heavy atom. The average Bonchev–Trinajstić information content (AvgIpc) is 3.88. The summed E-state index contributed by atoms with van der Waals surface area (Å²) in [6.45, 7) is 0. The molecule has 0 saturated carbocycles. The van der Waals surface area contributed by atoms with Crippen molar-refractivity contribution >= 4 is 84.8 Å². The summed E-state index contributed by atoms with van der Waals surface area (Å²) >= 11 is 3.68. The van der Waals surface area contributed by atoms with E-state index >= 15 is 0 Å². The van der Waals surface area contributed by atoms with E-state index in [0.29, 0.717) is 0 Å². The van der Waals surface area contributed by atoms with Crippen LogP contribution in [0.3, 0.4) is 0 Å². The molecule has 0 radical (unpaired) electrons. The number of hydrogen-bond donors (Lipinski definition) is 0. The molecule has 0 amide bonds. The number of thiophene rings is 2. The van der Waals surface area contributed by atoms with Crippen LogP contribution in [0.5, 0.6) is 0 Å². The normalized spacial score (nSPS) is 11.9. The van der Waals surface area contributed by atoms with Crippen LogP contribution in [0, 0.1) is 0 Å². The molecule has 51 heavy (non-hydrogen) atoms. The van der Waals surface area contributed by atoms with Crippen molar-refractivity contribution in [3.63, 3.8) is 0 Å². The van der Waals surface area contributed by atoms with Crippen LogP contribution in [0.15, 0.2) is 164 Å². The zero-order valence-corrected chi connectivity index (χ0v) is 28.9. The summed E-state index contributed by atoms with van der Waals surface area (Å²) in [6, 6.07) is 58.6. The number of para-hydroxylation sites is 1. The van der Waals surface area contributed by atoms with Gasteiger partial charge >= 0.3 is 0 Å². The van der Waals surface area contributed by atoms with E-state index < -0.39 is 0 Å². The van der Waals surface area contributed by atoms with Crippen molar-refractivity contribution in [2.45, 2.75) is 0 Å². The second-order valence-corrected chi connectivity index (χ2v) is 15.1. The van der Waals surface area contributed by atoms with Gasteiger partial charge in [-0.2, -0.15) is 0 Å². The Hall–Kier alpha value is -6.14. The minimum absolute atomic E-state index is 0.723. The van der Waals surface area contributed by atoms with Crippen LogP contribution in [0.25, 0.3) is 102 Å². The van der Waals surface area contributed by atoms with E-state index in [9.17, 15) is 0 Å². The van der Waals surface area contributed by atoms with Crippen LogP contribution in [0.4, 0.5) is 0 Å². The summed E-state index contributed by atoms with van der Waals surface area (Å²) in [5.41, 5.74) is 7.64. The zero-order chi connectivity index (χ0) is 33.5. The van der Waals surface area contributed by atoms with Gasteiger partial charge in [0.1, 0.15) is 5.82 Å². The van der Waals surface area contributed by atoms with Crippen molar-refractivity contribution in [1.82, 2.24) is 14.5 Å². The molecule has 0 unspecified atom stereocenters. The topological polar surface area (TPSA) is 30.7 Å². The molecule has 238 valence electrons. The highest BCUT2D eigenvalue weighted by atomic mass is 32.1. The second kappa shape index (κ2) is 11.2. The Morgan fingerprint density at radius 3 is 1.80 bits per heavy atom. The second-order valence-electron chi connectivity index (χ2n) is 12.9. The molecule has 11 rings (SSSR count). The zero-order valence-electron chi connectivity index (χ0n) is 27.2. The Bertz CT molecular complexity index is 3130. The lowest BCUT2D eigenvalue weighted by Gasteiger charge is -2.13. The maximum atomic E-state index is 5.44. The molecule has 0 N–H and O–H groups in total. The third-order valence-electron chi connectivity index (χ3n) is 10.1. The van der Waals surface area contributed by atoms with Crippen LogP contribution in [0.1, 0.15) is 0 Å². The maximum absolute atomic E-state index is 5.44. The Morgan fingerprint density at radius 1 is 0.412 bits per heavy atom. The first kappa shape index (κ1) is 28.7. The average molecular weight is 686 g/mol. The third-order valence-corrected chi connectivity index (χ3v) is 12.5. The molecule has 3 nitrogen and oxygen atoms in total. The number of rotatable bonds is 4. The van der Waals surface area contributed by atoms with E-state index in [2.05, 4.69) is 168 Å². The van der Waals surface area contributed by atoms with Crippen molar-refractivity contribution in [3.05, 3.63) is 164 Å². The molecule has 4 aromatic heterocycles. The van der Waals surface area contributed by atoms with Crippen LogP contribution in [-0.2, 0) is 0 Å². The van der Waals surface area contributed by atoms with Gasteiger partial charge in [0, 0.05) is 68.3 Å². The number of benzene rings is 7. The Kier molecular flexibility index (Phi) is 6.29. The van der Waals surface area contributed by atoms with E-state index in [1.807, 2.05) is 22.7 Å². The van der Waals surface area contributed by atoms with Crippen molar-refractivity contribution < 1.29 is 0 Å². The lowest BCUT2D eigenvalue weighted by molar-refractivity contribution is 1.05. The molecule has 0 aliphatic carbocycles. The first-order valence-corrected chi connectivity index (χ1v) is 18.7. The Balaban J connectivity index is 1.20. The van der Waals surface area contributed by atoms with E-state index in [-0.39, 0.29) is 0 Å². The van der Waals surface area contributed by atoms with Gasteiger partial charge in [0.15, 0.2) is 5.82 Å². The minimum atomic E-state index is 0.723. The van der Waals surface area contributed by atoms with Gasteiger partial charge in [-0.05, 0) is 41.5 Å². The van der Waals surface area contributed by atoms with Gasteiger partial charge in [-0.15, -0.1) is 22.7 Å². The van der Waals surface area contributed by atoms with Crippen LogP contribution >= 0.6 is 22.7 Å². The molecule has 11 aromatic rings. The monoisotopic (exact) mass is 685 g/mol. The quantitative estimate of drug-likeness (QED) is 0.185. The summed E-state index contributed by atoms with van der Waals surface area (Å²) in [6.07, 6.45) is 0. The number of hydrogen-bond acceptors (Lipinski definition) is 4. The molecular formula is C46H27N3S2. The third kappa shape index (κ3) is 4.42. The fourth-order valence-corrected chi connectivity index (χ4v) is 10.2. The standard InChI is InChI=1S/C46H27N3S2/c1-2-11-28(12-3-1)29-21-23-30(24-22-29)37-27-42(48-46(47-37)36-17-10-16-33-31-13-5-8-19-40(31)50-44(33)36)49-38-18-7-4-15-35(38)43-39(49)26-25-34-32-14-6-9-20-41(32)51-45(34)43/h1-27H. The van der Waals surface area contributed by atoms with Crippen molar-refractivity contribution in [1.29, 1.82) is 0 Å². The highest BCUT2D eigenvalue weighted by Gasteiger charge is 2.21. The SMILES string of the molecule is c1ccc(-c2ccc(-c3cc(-n4c5ccccc5c5c6sc7ccccc7c6ccc54)nc(-c4cccc5c4sc4ccccc45)n3)cc2)cc1. The molecule has 7 aromatic carbocycles. The maximum Gasteiger partial charge on any atom is 0.163 e. The van der Waals surface area contributed by atoms with Crippen LogP contribution in [0.2, 0.25) is 0 Å². The van der Waals surface area contributed by atoms with Gasteiger partial charge in [-0.25, -0.2) is 9.97 Å². The first-order valence-electron chi connectivity index (χ1n) is 17.1. The molecule has 4 heterocycles. The highest BCUT2D eigenvalue weighted by Crippen LogP contribution is 2.44. The minimum Gasteiger partial charge on any atom is -0.294 e. The van der Waals surface area contributed by atoms with E-state index in [1.54, 1.807) is 0 Å². The molecule has 0 fully saturated rings. The molecule has 0 aliphatic heterocycles. The van der Waals surface area contributed by atoms with Gasteiger partial charge in [0.25, 0.3) is 0 Å². The highest BCUT2D eigenvalue weighted by molar-refractivity contribution is 7.27. The van der Waals surface area contributed by atoms with Gasteiger partial charge < -0.3 is 0 Å². The predicted octanol–water partition coefficient (Wildman–Crippen LogP) is 13.3. The van der Waals surface area contributed by atoms with Gasteiger partial charge in [0.2, 0.25) is 0 Å². The van der Waals surface area contributed by atoms with Crippen LogP contribution in [-0.4, -0.2) is 14.5 Å². The first-order chi connectivity index (χ1) is 25.3. The fraction of sp³-hybridized carbons (Fsp3) is 0. The van der Waals surface area contributed by atoms with Crippen molar-refractivity contribution in [2.75, 3.05) is 0 Å². The molecule has 0 aliphatic rings. The van der Waals surface area contributed by atoms with Gasteiger partial charge in [0.05, 0.1) is 16.7 Å². The van der Waals surface area contributed by atoms with Crippen LogP contribution < -0.4 is 0 Å². The molecular weight excluding hydrogens is 659 g/mol. The number of aromatic nitrogens is 3. The summed E-state index contributed by atoms with van der Waals surface area (Å²) in [7, 11) is 0. The molecule has 0 atom stereocenters. The molecule has 5 heteroatoms. The largest absolute Gasteiger partial charge is 0.294 e. The van der Waals surface area contributed by atoms with Crippen molar-refractivity contribution in [2.24, 2.45) is 0 Å². The van der Waals surface area contributed by atoms with Crippen molar-refractivity contribution in [3.8, 4) is 39.6 Å².